The molecule has 0 saturated carbocycles. The average molecular weight is 382 g/mol. The third-order valence-corrected chi connectivity index (χ3v) is 5.19. The van der Waals surface area contributed by atoms with Crippen LogP contribution in [0.2, 0.25) is 0 Å². The van der Waals surface area contributed by atoms with Gasteiger partial charge in [0.2, 0.25) is 0 Å². The molecule has 0 aliphatic carbocycles. The van der Waals surface area contributed by atoms with Gasteiger partial charge in [-0.3, -0.25) is 0 Å². The first-order valence-corrected chi connectivity index (χ1v) is 9.81. The van der Waals surface area contributed by atoms with Crippen LogP contribution in [0.5, 0.6) is 0 Å². The van der Waals surface area contributed by atoms with Gasteiger partial charge in [0.15, 0.2) is 0 Å². The van der Waals surface area contributed by atoms with Gasteiger partial charge in [0.25, 0.3) is 0 Å². The zero-order valence-electron chi connectivity index (χ0n) is 17.2. The number of para-hydroxylation sites is 1. The molecular weight excluding hydrogens is 354 g/mol. The summed E-state index contributed by atoms with van der Waals surface area (Å²) in [4.78, 5) is 5.04. The summed E-state index contributed by atoms with van der Waals surface area (Å²) in [6.07, 6.45) is 6.44. The number of hydrogen-bond donors (Lipinski definition) is 0. The first-order valence-electron chi connectivity index (χ1n) is 9.81. The standard InChI is InChI=1S/C27H27NO/c1-6-14-20(7-2)25(19(4)29-5)26-22(8-3)27(21-15-10-9-11-16-21)28-24-18-13-12-17-23(24)26/h6-7,9-18,25H,1-2,4,8H2,3,5H3/b20-14+. The molecule has 3 aromatic rings. The van der Waals surface area contributed by atoms with Crippen molar-refractivity contribution >= 4 is 10.9 Å². The van der Waals surface area contributed by atoms with E-state index in [1.165, 1.54) is 5.56 Å². The maximum absolute atomic E-state index is 5.65. The number of hydrogen-bond acceptors (Lipinski definition) is 2. The molecule has 0 aliphatic rings. The van der Waals surface area contributed by atoms with E-state index in [2.05, 4.69) is 50.9 Å². The molecule has 0 saturated heterocycles. The highest BCUT2D eigenvalue weighted by Crippen LogP contribution is 2.41. The fraction of sp³-hybridized carbons (Fsp3) is 0.148. The van der Waals surface area contributed by atoms with E-state index in [-0.39, 0.29) is 5.92 Å². The molecule has 1 aromatic heterocycles. The molecule has 2 nitrogen and oxygen atoms in total. The maximum atomic E-state index is 5.65. The average Bonchev–Trinajstić information content (AvgIpc) is 2.78. The van der Waals surface area contributed by atoms with E-state index in [9.17, 15) is 0 Å². The third-order valence-electron chi connectivity index (χ3n) is 5.19. The van der Waals surface area contributed by atoms with Gasteiger partial charge in [-0.25, -0.2) is 4.98 Å². The van der Waals surface area contributed by atoms with Gasteiger partial charge in [-0.1, -0.05) is 93.4 Å². The number of benzene rings is 2. The highest BCUT2D eigenvalue weighted by molar-refractivity contribution is 5.89. The quantitative estimate of drug-likeness (QED) is 0.309. The van der Waals surface area contributed by atoms with Crippen LogP contribution in [0.15, 0.2) is 104 Å². The van der Waals surface area contributed by atoms with Crippen molar-refractivity contribution in [3.8, 4) is 11.3 Å². The van der Waals surface area contributed by atoms with E-state index in [0.29, 0.717) is 5.76 Å². The van der Waals surface area contributed by atoms with E-state index in [4.69, 9.17) is 9.72 Å². The Labute approximate surface area is 173 Å². The van der Waals surface area contributed by atoms with E-state index >= 15 is 0 Å². The van der Waals surface area contributed by atoms with E-state index < -0.39 is 0 Å². The Morgan fingerprint density at radius 2 is 1.76 bits per heavy atom. The number of nitrogens with zero attached hydrogens (tertiary/aromatic N) is 1. The van der Waals surface area contributed by atoms with Gasteiger partial charge in [-0.05, 0) is 29.2 Å². The second kappa shape index (κ2) is 9.20. The molecule has 1 heterocycles. The van der Waals surface area contributed by atoms with Crippen LogP contribution >= 0.6 is 0 Å². The molecule has 0 aliphatic heterocycles. The lowest BCUT2D eigenvalue weighted by Crippen LogP contribution is -2.12. The van der Waals surface area contributed by atoms with Crippen LogP contribution in [0.3, 0.4) is 0 Å². The minimum Gasteiger partial charge on any atom is -0.501 e. The molecule has 0 amide bonds. The van der Waals surface area contributed by atoms with Gasteiger partial charge in [0.05, 0.1) is 24.2 Å². The Morgan fingerprint density at radius 1 is 1.07 bits per heavy atom. The highest BCUT2D eigenvalue weighted by Gasteiger charge is 2.26. The maximum Gasteiger partial charge on any atom is 0.100 e. The molecular formula is C27H27NO. The molecule has 146 valence electrons. The topological polar surface area (TPSA) is 22.1 Å². The van der Waals surface area contributed by atoms with Crippen molar-refractivity contribution in [2.75, 3.05) is 7.11 Å². The zero-order valence-corrected chi connectivity index (χ0v) is 17.2. The van der Waals surface area contributed by atoms with Crippen molar-refractivity contribution in [1.82, 2.24) is 4.98 Å². The molecule has 1 unspecified atom stereocenters. The molecule has 0 fully saturated rings. The van der Waals surface area contributed by atoms with Crippen LogP contribution in [0.1, 0.15) is 24.0 Å². The molecule has 0 radical (unpaired) electrons. The van der Waals surface area contributed by atoms with Crippen LogP contribution in [0.4, 0.5) is 0 Å². The summed E-state index contributed by atoms with van der Waals surface area (Å²) in [7, 11) is 1.66. The van der Waals surface area contributed by atoms with Crippen molar-refractivity contribution in [3.05, 3.63) is 115 Å². The second-order valence-corrected chi connectivity index (χ2v) is 6.80. The Morgan fingerprint density at radius 3 is 2.38 bits per heavy atom. The minimum atomic E-state index is -0.166. The first kappa shape index (κ1) is 20.3. The number of allylic oxidation sites excluding steroid dienone is 4. The molecule has 29 heavy (non-hydrogen) atoms. The summed E-state index contributed by atoms with van der Waals surface area (Å²) < 4.78 is 5.65. The normalized spacial score (nSPS) is 12.4. The molecule has 3 rings (SSSR count). The largest absolute Gasteiger partial charge is 0.501 e. The lowest BCUT2D eigenvalue weighted by atomic mass is 9.82. The smallest absolute Gasteiger partial charge is 0.100 e. The summed E-state index contributed by atoms with van der Waals surface area (Å²) >= 11 is 0. The molecule has 2 heteroatoms. The molecule has 0 bridgehead atoms. The first-order chi connectivity index (χ1) is 14.2. The van der Waals surface area contributed by atoms with Crippen LogP contribution in [-0.4, -0.2) is 12.1 Å². The van der Waals surface area contributed by atoms with Crippen molar-refractivity contribution in [2.24, 2.45) is 0 Å². The summed E-state index contributed by atoms with van der Waals surface area (Å²) in [5.41, 5.74) is 6.40. The highest BCUT2D eigenvalue weighted by atomic mass is 16.5. The number of pyridine rings is 1. The van der Waals surface area contributed by atoms with Gasteiger partial charge < -0.3 is 4.74 Å². The van der Waals surface area contributed by atoms with Crippen molar-refractivity contribution in [1.29, 1.82) is 0 Å². The SMILES string of the molecule is C=C/C=C(\C=C)C(C(=C)OC)c1c(CC)c(-c2ccccc2)nc2ccccc12. The van der Waals surface area contributed by atoms with E-state index in [1.54, 1.807) is 13.2 Å². The molecule has 2 aromatic carbocycles. The van der Waals surface area contributed by atoms with Crippen LogP contribution in [-0.2, 0) is 11.2 Å². The summed E-state index contributed by atoms with van der Waals surface area (Å²) in [5.74, 6) is 0.504. The summed E-state index contributed by atoms with van der Waals surface area (Å²) in [5, 5.41) is 1.10. The number of rotatable bonds is 8. The summed E-state index contributed by atoms with van der Waals surface area (Å²) in [6.45, 7) is 14.3. The van der Waals surface area contributed by atoms with Crippen LogP contribution in [0.25, 0.3) is 22.2 Å². The van der Waals surface area contributed by atoms with E-state index in [1.807, 2.05) is 42.5 Å². The molecule has 0 N–H and O–H groups in total. The van der Waals surface area contributed by atoms with Gasteiger partial charge >= 0.3 is 0 Å². The Balaban J connectivity index is 2.46. The van der Waals surface area contributed by atoms with Crippen molar-refractivity contribution < 1.29 is 4.74 Å². The van der Waals surface area contributed by atoms with Crippen LogP contribution < -0.4 is 0 Å². The fourth-order valence-corrected chi connectivity index (χ4v) is 3.85. The zero-order chi connectivity index (χ0) is 20.8. The Kier molecular flexibility index (Phi) is 6.46. The fourth-order valence-electron chi connectivity index (χ4n) is 3.85. The lowest BCUT2D eigenvalue weighted by molar-refractivity contribution is 0.275. The van der Waals surface area contributed by atoms with Gasteiger partial charge in [-0.2, -0.15) is 0 Å². The number of aromatic nitrogens is 1. The van der Waals surface area contributed by atoms with Gasteiger partial charge in [0, 0.05) is 10.9 Å². The number of fused-ring (bicyclic) bond motifs is 1. The monoisotopic (exact) mass is 381 g/mol. The minimum absolute atomic E-state index is 0.166. The predicted octanol–water partition coefficient (Wildman–Crippen LogP) is 7.01. The summed E-state index contributed by atoms with van der Waals surface area (Å²) in [6, 6.07) is 18.6. The van der Waals surface area contributed by atoms with E-state index in [0.717, 1.165) is 39.7 Å². The van der Waals surface area contributed by atoms with Gasteiger partial charge in [-0.15, -0.1) is 0 Å². The number of ether oxygens (including phenoxy) is 1. The third kappa shape index (κ3) is 3.93. The van der Waals surface area contributed by atoms with Gasteiger partial charge in [0.1, 0.15) is 5.76 Å². The predicted molar refractivity (Wildman–Crippen MR) is 124 cm³/mol. The molecule has 0 spiro atoms. The van der Waals surface area contributed by atoms with Crippen molar-refractivity contribution in [2.45, 2.75) is 19.3 Å². The lowest BCUT2D eigenvalue weighted by Gasteiger charge is -2.26. The Hall–Kier alpha value is -3.39. The second-order valence-electron chi connectivity index (χ2n) is 6.80. The molecule has 1 atom stereocenters. The number of methoxy groups -OCH3 is 1. The van der Waals surface area contributed by atoms with Crippen molar-refractivity contribution in [3.63, 3.8) is 0 Å². The van der Waals surface area contributed by atoms with Crippen LogP contribution in [0, 0.1) is 0 Å². The Bertz CT molecular complexity index is 1080.